The molecule has 2 rings (SSSR count). The fourth-order valence-electron chi connectivity index (χ4n) is 2.63. The van der Waals surface area contributed by atoms with Crippen LogP contribution in [0.15, 0.2) is 24.4 Å². The molecule has 1 amide bonds. The highest BCUT2D eigenvalue weighted by Crippen LogP contribution is 2.21. The van der Waals surface area contributed by atoms with Crippen molar-refractivity contribution >= 4 is 17.7 Å². The van der Waals surface area contributed by atoms with Gasteiger partial charge in [-0.2, -0.15) is 0 Å². The van der Waals surface area contributed by atoms with Crippen LogP contribution in [-0.2, 0) is 14.3 Å². The predicted octanol–water partition coefficient (Wildman–Crippen LogP) is 1.37. The lowest BCUT2D eigenvalue weighted by atomic mass is 9.97. The maximum atomic E-state index is 12.2. The Morgan fingerprint density at radius 3 is 3.05 bits per heavy atom. The van der Waals surface area contributed by atoms with Crippen LogP contribution in [0.3, 0.4) is 0 Å². The number of aromatic nitrogens is 1. The lowest BCUT2D eigenvalue weighted by Gasteiger charge is -2.32. The molecule has 2 heterocycles. The summed E-state index contributed by atoms with van der Waals surface area (Å²) in [6, 6.07) is 5.81. The molecule has 120 valence electrons. The number of carbonyl (C=O) groups excluding carboxylic acids is 2. The van der Waals surface area contributed by atoms with Gasteiger partial charge in [0.15, 0.2) is 0 Å². The molecule has 0 aromatic carbocycles. The lowest BCUT2D eigenvalue weighted by Crippen LogP contribution is -2.43. The number of hydrogen-bond donors (Lipinski definition) is 1. The smallest absolute Gasteiger partial charge is 0.305 e. The Morgan fingerprint density at radius 1 is 1.45 bits per heavy atom. The van der Waals surface area contributed by atoms with Gasteiger partial charge in [0.05, 0.1) is 13.0 Å². The number of piperidine rings is 1. The van der Waals surface area contributed by atoms with E-state index in [1.54, 1.807) is 6.20 Å². The van der Waals surface area contributed by atoms with Gasteiger partial charge >= 0.3 is 5.97 Å². The SMILES string of the molecule is COC(=O)CCCNC(=O)[C@@H]1CCCN(c2ccccn2)C1. The van der Waals surface area contributed by atoms with Gasteiger partial charge in [0.25, 0.3) is 0 Å². The molecule has 1 N–H and O–H groups in total. The monoisotopic (exact) mass is 305 g/mol. The molecule has 1 aromatic heterocycles. The van der Waals surface area contributed by atoms with E-state index in [1.807, 2.05) is 18.2 Å². The lowest BCUT2D eigenvalue weighted by molar-refractivity contribution is -0.140. The predicted molar refractivity (Wildman–Crippen MR) is 83.4 cm³/mol. The van der Waals surface area contributed by atoms with Crippen molar-refractivity contribution in [2.75, 3.05) is 31.6 Å². The van der Waals surface area contributed by atoms with E-state index in [9.17, 15) is 9.59 Å². The second kappa shape index (κ2) is 8.36. The number of methoxy groups -OCH3 is 1. The summed E-state index contributed by atoms with van der Waals surface area (Å²) in [6.45, 7) is 2.14. The molecule has 22 heavy (non-hydrogen) atoms. The van der Waals surface area contributed by atoms with Crippen molar-refractivity contribution in [3.05, 3.63) is 24.4 Å². The quantitative estimate of drug-likeness (QED) is 0.635. The topological polar surface area (TPSA) is 71.5 Å². The first-order valence-corrected chi connectivity index (χ1v) is 7.71. The van der Waals surface area contributed by atoms with E-state index in [2.05, 4.69) is 19.9 Å². The van der Waals surface area contributed by atoms with Crippen molar-refractivity contribution in [3.8, 4) is 0 Å². The van der Waals surface area contributed by atoms with Crippen LogP contribution in [0.5, 0.6) is 0 Å². The number of esters is 1. The summed E-state index contributed by atoms with van der Waals surface area (Å²) in [5.74, 6) is 0.721. The van der Waals surface area contributed by atoms with Crippen molar-refractivity contribution in [2.24, 2.45) is 5.92 Å². The van der Waals surface area contributed by atoms with Crippen LogP contribution in [-0.4, -0.2) is 43.6 Å². The van der Waals surface area contributed by atoms with Gasteiger partial charge in [-0.1, -0.05) is 6.07 Å². The van der Waals surface area contributed by atoms with E-state index in [-0.39, 0.29) is 17.8 Å². The molecule has 0 aliphatic carbocycles. The molecule has 1 aromatic rings. The molecule has 1 fully saturated rings. The van der Waals surface area contributed by atoms with E-state index in [4.69, 9.17) is 0 Å². The number of pyridine rings is 1. The fourth-order valence-corrected chi connectivity index (χ4v) is 2.63. The van der Waals surface area contributed by atoms with Crippen molar-refractivity contribution in [1.29, 1.82) is 0 Å². The molecule has 6 nitrogen and oxygen atoms in total. The largest absolute Gasteiger partial charge is 0.469 e. The summed E-state index contributed by atoms with van der Waals surface area (Å²) >= 11 is 0. The fraction of sp³-hybridized carbons (Fsp3) is 0.562. The van der Waals surface area contributed by atoms with Gasteiger partial charge in [0.1, 0.15) is 5.82 Å². The van der Waals surface area contributed by atoms with Gasteiger partial charge in [-0.05, 0) is 31.4 Å². The Bertz CT molecular complexity index is 493. The number of nitrogens with one attached hydrogen (secondary N) is 1. The summed E-state index contributed by atoms with van der Waals surface area (Å²) in [6.07, 6.45) is 4.59. The van der Waals surface area contributed by atoms with E-state index < -0.39 is 0 Å². The highest BCUT2D eigenvalue weighted by molar-refractivity contribution is 5.79. The number of ether oxygens (including phenoxy) is 1. The van der Waals surface area contributed by atoms with Crippen LogP contribution in [0.4, 0.5) is 5.82 Å². The number of carbonyl (C=O) groups is 2. The molecule has 1 aliphatic rings. The number of anilines is 1. The molecule has 6 heteroatoms. The second-order valence-corrected chi connectivity index (χ2v) is 5.44. The average molecular weight is 305 g/mol. The summed E-state index contributed by atoms with van der Waals surface area (Å²) in [4.78, 5) is 29.7. The second-order valence-electron chi connectivity index (χ2n) is 5.44. The highest BCUT2D eigenvalue weighted by atomic mass is 16.5. The van der Waals surface area contributed by atoms with Crippen molar-refractivity contribution < 1.29 is 14.3 Å². The van der Waals surface area contributed by atoms with Gasteiger partial charge in [0, 0.05) is 32.3 Å². The Morgan fingerprint density at radius 2 is 2.32 bits per heavy atom. The zero-order valence-corrected chi connectivity index (χ0v) is 13.0. The first-order chi connectivity index (χ1) is 10.7. The third kappa shape index (κ3) is 4.72. The van der Waals surface area contributed by atoms with Crippen LogP contribution in [0.25, 0.3) is 0 Å². The number of nitrogens with zero attached hydrogens (tertiary/aromatic N) is 2. The van der Waals surface area contributed by atoms with E-state index in [0.29, 0.717) is 25.9 Å². The van der Waals surface area contributed by atoms with Crippen molar-refractivity contribution in [3.63, 3.8) is 0 Å². The van der Waals surface area contributed by atoms with Gasteiger partial charge in [-0.25, -0.2) is 4.98 Å². The van der Waals surface area contributed by atoms with E-state index in [0.717, 1.165) is 25.2 Å². The number of amides is 1. The Hall–Kier alpha value is -2.11. The summed E-state index contributed by atoms with van der Waals surface area (Å²) in [5.41, 5.74) is 0. The average Bonchev–Trinajstić information content (AvgIpc) is 2.59. The maximum Gasteiger partial charge on any atom is 0.305 e. The number of hydrogen-bond acceptors (Lipinski definition) is 5. The van der Waals surface area contributed by atoms with Gasteiger partial charge < -0.3 is 15.0 Å². The molecule has 0 unspecified atom stereocenters. The van der Waals surface area contributed by atoms with E-state index >= 15 is 0 Å². The van der Waals surface area contributed by atoms with Crippen molar-refractivity contribution in [2.45, 2.75) is 25.7 Å². The minimum atomic E-state index is -0.242. The molecule has 1 atom stereocenters. The van der Waals surface area contributed by atoms with Gasteiger partial charge in [-0.3, -0.25) is 9.59 Å². The molecular formula is C16H23N3O3. The third-order valence-corrected chi connectivity index (χ3v) is 3.85. The first kappa shape index (κ1) is 16.3. The van der Waals surface area contributed by atoms with Crippen molar-refractivity contribution in [1.82, 2.24) is 10.3 Å². The summed E-state index contributed by atoms with van der Waals surface area (Å²) in [5, 5.41) is 2.91. The van der Waals surface area contributed by atoms with Crippen LogP contribution in [0.1, 0.15) is 25.7 Å². The standard InChI is InChI=1S/C16H23N3O3/c1-22-15(20)8-4-10-18-16(21)13-6-5-11-19(12-13)14-7-2-3-9-17-14/h2-3,7,9,13H,4-6,8,10-12H2,1H3,(H,18,21)/t13-/m1/s1. The van der Waals surface area contributed by atoms with Crippen LogP contribution >= 0.6 is 0 Å². The maximum absolute atomic E-state index is 12.2. The zero-order chi connectivity index (χ0) is 15.8. The van der Waals surface area contributed by atoms with E-state index in [1.165, 1.54) is 7.11 Å². The molecule has 0 saturated carbocycles. The minimum Gasteiger partial charge on any atom is -0.469 e. The van der Waals surface area contributed by atoms with Gasteiger partial charge in [0.2, 0.25) is 5.91 Å². The Labute approximate surface area is 130 Å². The first-order valence-electron chi connectivity index (χ1n) is 7.71. The number of rotatable bonds is 6. The molecule has 1 aliphatic heterocycles. The van der Waals surface area contributed by atoms with Crippen LogP contribution in [0.2, 0.25) is 0 Å². The molecule has 0 radical (unpaired) electrons. The third-order valence-electron chi connectivity index (χ3n) is 3.85. The molecule has 1 saturated heterocycles. The zero-order valence-electron chi connectivity index (χ0n) is 13.0. The normalized spacial score (nSPS) is 17.9. The molecule has 0 spiro atoms. The Kier molecular flexibility index (Phi) is 6.18. The minimum absolute atomic E-state index is 0.0196. The van der Waals surface area contributed by atoms with Gasteiger partial charge in [-0.15, -0.1) is 0 Å². The summed E-state index contributed by atoms with van der Waals surface area (Å²) in [7, 11) is 1.37. The van der Waals surface area contributed by atoms with Crippen LogP contribution in [0, 0.1) is 5.92 Å². The highest BCUT2D eigenvalue weighted by Gasteiger charge is 2.26. The molecular weight excluding hydrogens is 282 g/mol. The Balaban J connectivity index is 1.77. The van der Waals surface area contributed by atoms with Crippen LogP contribution < -0.4 is 10.2 Å². The summed E-state index contributed by atoms with van der Waals surface area (Å²) < 4.78 is 4.57. The molecule has 0 bridgehead atoms.